The third-order valence-electron chi connectivity index (χ3n) is 4.55. The molecule has 1 aromatic rings. The van der Waals surface area contributed by atoms with Crippen LogP contribution in [0.3, 0.4) is 0 Å². The first-order valence-electron chi connectivity index (χ1n) is 8.35. The SMILES string of the molecule is Cc1cc(N2CCCC2=O)ccc1S(=O)(=O)N1C[C@@H](C)O[C@@H](C)C1. The fourth-order valence-corrected chi connectivity index (χ4v) is 5.27. The van der Waals surface area contributed by atoms with Gasteiger partial charge >= 0.3 is 0 Å². The molecule has 2 aliphatic heterocycles. The predicted octanol–water partition coefficient (Wildman–Crippen LogP) is 1.92. The van der Waals surface area contributed by atoms with Crippen molar-refractivity contribution in [1.29, 1.82) is 0 Å². The molecule has 2 heterocycles. The average molecular weight is 352 g/mol. The second kappa shape index (κ2) is 6.46. The molecule has 0 radical (unpaired) electrons. The first-order chi connectivity index (χ1) is 11.3. The highest BCUT2D eigenvalue weighted by atomic mass is 32.2. The van der Waals surface area contributed by atoms with Gasteiger partial charge in [-0.1, -0.05) is 0 Å². The minimum absolute atomic E-state index is 0.0980. The first kappa shape index (κ1) is 17.4. The van der Waals surface area contributed by atoms with Gasteiger partial charge in [0.05, 0.1) is 17.1 Å². The Morgan fingerprint density at radius 1 is 1.17 bits per heavy atom. The summed E-state index contributed by atoms with van der Waals surface area (Å²) >= 11 is 0. The van der Waals surface area contributed by atoms with Crippen LogP contribution in [0, 0.1) is 6.92 Å². The Morgan fingerprint density at radius 2 is 1.83 bits per heavy atom. The highest BCUT2D eigenvalue weighted by Gasteiger charge is 2.33. The summed E-state index contributed by atoms with van der Waals surface area (Å²) in [5, 5.41) is 0. The maximum absolute atomic E-state index is 13.0. The molecule has 1 amide bonds. The number of morpholine rings is 1. The first-order valence-corrected chi connectivity index (χ1v) is 9.79. The molecule has 24 heavy (non-hydrogen) atoms. The second-order valence-corrected chi connectivity index (χ2v) is 8.58. The van der Waals surface area contributed by atoms with E-state index in [9.17, 15) is 13.2 Å². The largest absolute Gasteiger partial charge is 0.373 e. The van der Waals surface area contributed by atoms with Crippen molar-refractivity contribution < 1.29 is 17.9 Å². The van der Waals surface area contributed by atoms with Gasteiger partial charge in [0, 0.05) is 31.7 Å². The number of sulfonamides is 1. The van der Waals surface area contributed by atoms with Gasteiger partial charge in [0.1, 0.15) is 0 Å². The molecule has 0 unspecified atom stereocenters. The maximum atomic E-state index is 13.0. The van der Waals surface area contributed by atoms with Gasteiger partial charge in [-0.2, -0.15) is 4.31 Å². The lowest BCUT2D eigenvalue weighted by Crippen LogP contribution is -2.48. The van der Waals surface area contributed by atoms with Crippen LogP contribution in [0.5, 0.6) is 0 Å². The summed E-state index contributed by atoms with van der Waals surface area (Å²) in [6.07, 6.45) is 1.17. The maximum Gasteiger partial charge on any atom is 0.243 e. The van der Waals surface area contributed by atoms with E-state index in [1.165, 1.54) is 4.31 Å². The number of nitrogens with zero attached hydrogens (tertiary/aromatic N) is 2. The quantitative estimate of drug-likeness (QED) is 0.833. The fourth-order valence-electron chi connectivity index (χ4n) is 3.48. The van der Waals surface area contributed by atoms with Gasteiger partial charge in [0.15, 0.2) is 0 Å². The van der Waals surface area contributed by atoms with E-state index in [1.807, 2.05) is 13.8 Å². The van der Waals surface area contributed by atoms with E-state index >= 15 is 0 Å². The fraction of sp³-hybridized carbons (Fsp3) is 0.588. The molecule has 132 valence electrons. The van der Waals surface area contributed by atoms with Crippen molar-refractivity contribution in [2.75, 3.05) is 24.5 Å². The van der Waals surface area contributed by atoms with Crippen LogP contribution in [0.4, 0.5) is 5.69 Å². The summed E-state index contributed by atoms with van der Waals surface area (Å²) in [5.74, 6) is 0.0980. The Bertz CT molecular complexity index is 737. The number of aryl methyl sites for hydroxylation is 1. The van der Waals surface area contributed by atoms with Crippen molar-refractivity contribution in [3.63, 3.8) is 0 Å². The minimum atomic E-state index is -3.56. The lowest BCUT2D eigenvalue weighted by atomic mass is 10.2. The normalized spacial score (nSPS) is 26.1. The minimum Gasteiger partial charge on any atom is -0.373 e. The van der Waals surface area contributed by atoms with Crippen LogP contribution in [0.1, 0.15) is 32.3 Å². The van der Waals surface area contributed by atoms with Crippen LogP contribution in [-0.2, 0) is 19.6 Å². The van der Waals surface area contributed by atoms with E-state index in [4.69, 9.17) is 4.74 Å². The van der Waals surface area contributed by atoms with Gasteiger partial charge in [-0.25, -0.2) is 8.42 Å². The van der Waals surface area contributed by atoms with Crippen molar-refractivity contribution in [3.8, 4) is 0 Å². The van der Waals surface area contributed by atoms with Crippen LogP contribution >= 0.6 is 0 Å². The molecule has 2 atom stereocenters. The summed E-state index contributed by atoms with van der Waals surface area (Å²) in [5.41, 5.74) is 1.44. The standard InChI is InChI=1S/C17H24N2O4S/c1-12-9-15(19-8-4-5-17(19)20)6-7-16(12)24(21,22)18-10-13(2)23-14(3)11-18/h6-7,9,13-14H,4-5,8,10-11H2,1-3H3/t13-,14+. The molecule has 2 fully saturated rings. The van der Waals surface area contributed by atoms with Gasteiger partial charge in [0.2, 0.25) is 15.9 Å². The molecule has 0 bridgehead atoms. The molecule has 1 aromatic carbocycles. The van der Waals surface area contributed by atoms with E-state index in [2.05, 4.69) is 0 Å². The number of carbonyl (C=O) groups is 1. The van der Waals surface area contributed by atoms with Gasteiger partial charge < -0.3 is 9.64 Å². The number of benzene rings is 1. The number of rotatable bonds is 3. The average Bonchev–Trinajstić information content (AvgIpc) is 2.92. The smallest absolute Gasteiger partial charge is 0.243 e. The Balaban J connectivity index is 1.89. The van der Waals surface area contributed by atoms with Crippen LogP contribution in [0.2, 0.25) is 0 Å². The number of amides is 1. The molecule has 6 nitrogen and oxygen atoms in total. The highest BCUT2D eigenvalue weighted by Crippen LogP contribution is 2.28. The number of ether oxygens (including phenoxy) is 1. The van der Waals surface area contributed by atoms with Crippen LogP contribution in [-0.4, -0.2) is 50.5 Å². The summed E-state index contributed by atoms with van der Waals surface area (Å²) in [6.45, 7) is 6.96. The van der Waals surface area contributed by atoms with E-state index in [0.717, 1.165) is 12.1 Å². The predicted molar refractivity (Wildman–Crippen MR) is 91.5 cm³/mol. The van der Waals surface area contributed by atoms with Crippen LogP contribution < -0.4 is 4.90 Å². The number of carbonyl (C=O) groups excluding carboxylic acids is 1. The van der Waals surface area contributed by atoms with Gasteiger partial charge in [-0.3, -0.25) is 4.79 Å². The molecule has 7 heteroatoms. The van der Waals surface area contributed by atoms with E-state index < -0.39 is 10.0 Å². The Hall–Kier alpha value is -1.44. The summed E-state index contributed by atoms with van der Waals surface area (Å²) in [6, 6.07) is 5.15. The molecular weight excluding hydrogens is 328 g/mol. The lowest BCUT2D eigenvalue weighted by molar-refractivity contribution is -0.117. The lowest BCUT2D eigenvalue weighted by Gasteiger charge is -2.34. The second-order valence-electron chi connectivity index (χ2n) is 6.68. The molecule has 0 aromatic heterocycles. The molecule has 0 N–H and O–H groups in total. The zero-order valence-corrected chi connectivity index (χ0v) is 15.2. The number of hydrogen-bond acceptors (Lipinski definition) is 4. The molecule has 0 saturated carbocycles. The molecule has 2 saturated heterocycles. The summed E-state index contributed by atoms with van der Waals surface area (Å²) in [7, 11) is -3.56. The third-order valence-corrected chi connectivity index (χ3v) is 6.54. The Morgan fingerprint density at radius 3 is 2.38 bits per heavy atom. The van der Waals surface area contributed by atoms with Crippen LogP contribution in [0.25, 0.3) is 0 Å². The van der Waals surface area contributed by atoms with E-state index in [1.54, 1.807) is 30.0 Å². The zero-order chi connectivity index (χ0) is 17.5. The number of hydrogen-bond donors (Lipinski definition) is 0. The van der Waals surface area contributed by atoms with E-state index in [-0.39, 0.29) is 18.1 Å². The molecule has 0 aliphatic carbocycles. The summed E-state index contributed by atoms with van der Waals surface area (Å²) in [4.78, 5) is 13.9. The Kier molecular flexibility index (Phi) is 4.68. The zero-order valence-electron chi connectivity index (χ0n) is 14.4. The van der Waals surface area contributed by atoms with Crippen molar-refractivity contribution >= 4 is 21.6 Å². The monoisotopic (exact) mass is 352 g/mol. The molecule has 0 spiro atoms. The van der Waals surface area contributed by atoms with Crippen molar-refractivity contribution in [1.82, 2.24) is 4.31 Å². The summed E-state index contributed by atoms with van der Waals surface area (Å²) < 4.78 is 33.1. The topological polar surface area (TPSA) is 66.9 Å². The van der Waals surface area contributed by atoms with Gasteiger partial charge in [-0.15, -0.1) is 0 Å². The van der Waals surface area contributed by atoms with Crippen LogP contribution in [0.15, 0.2) is 23.1 Å². The third kappa shape index (κ3) is 3.20. The number of anilines is 1. The molecule has 3 rings (SSSR count). The Labute approximate surface area is 143 Å². The van der Waals surface area contributed by atoms with Gasteiger partial charge in [0.25, 0.3) is 0 Å². The van der Waals surface area contributed by atoms with Crippen molar-refractivity contribution in [2.45, 2.75) is 50.7 Å². The van der Waals surface area contributed by atoms with E-state index in [0.29, 0.717) is 36.5 Å². The van der Waals surface area contributed by atoms with Gasteiger partial charge in [-0.05, 0) is 51.0 Å². The van der Waals surface area contributed by atoms with Crippen molar-refractivity contribution in [3.05, 3.63) is 23.8 Å². The highest BCUT2D eigenvalue weighted by molar-refractivity contribution is 7.89. The van der Waals surface area contributed by atoms with Crippen molar-refractivity contribution in [2.24, 2.45) is 0 Å². The molecular formula is C17H24N2O4S. The molecule has 2 aliphatic rings.